The zero-order valence-electron chi connectivity index (χ0n) is 13.2. The molecule has 0 fully saturated rings. The summed E-state index contributed by atoms with van der Waals surface area (Å²) in [7, 11) is 0. The van der Waals surface area contributed by atoms with E-state index in [1.54, 1.807) is 12.3 Å². The van der Waals surface area contributed by atoms with Gasteiger partial charge in [0.2, 0.25) is 0 Å². The number of ether oxygens (including phenoxy) is 1. The van der Waals surface area contributed by atoms with Gasteiger partial charge in [0, 0.05) is 6.20 Å². The largest absolute Gasteiger partial charge is 0.482 e. The fraction of sp³-hybridized carbons (Fsp3) is 0.176. The Morgan fingerprint density at radius 3 is 3.04 bits per heavy atom. The van der Waals surface area contributed by atoms with Crippen molar-refractivity contribution < 1.29 is 19.4 Å². The Balaban J connectivity index is 1.73. The van der Waals surface area contributed by atoms with E-state index in [2.05, 4.69) is 9.97 Å². The van der Waals surface area contributed by atoms with E-state index in [0.29, 0.717) is 11.4 Å². The lowest BCUT2D eigenvalue weighted by molar-refractivity contribution is -0.121. The summed E-state index contributed by atoms with van der Waals surface area (Å²) in [5.41, 5.74) is 2.35. The fourth-order valence-corrected chi connectivity index (χ4v) is 3.56. The molecule has 4 rings (SSSR count). The zero-order valence-corrected chi connectivity index (χ0v) is 14.0. The average Bonchev–Trinajstić information content (AvgIpc) is 2.98. The van der Waals surface area contributed by atoms with Gasteiger partial charge in [0.05, 0.1) is 17.8 Å². The minimum absolute atomic E-state index is 0.0817. The van der Waals surface area contributed by atoms with Crippen LogP contribution in [0.15, 0.2) is 30.5 Å². The zero-order chi connectivity index (χ0) is 17.6. The molecule has 0 aliphatic carbocycles. The molecule has 1 aliphatic rings. The maximum Gasteiger partial charge on any atom is 0.335 e. The number of aromatic carboxylic acids is 1. The summed E-state index contributed by atoms with van der Waals surface area (Å²) in [5.74, 6) is -0.807. The van der Waals surface area contributed by atoms with Crippen LogP contribution in [-0.2, 0) is 11.3 Å². The summed E-state index contributed by atoms with van der Waals surface area (Å²) >= 11 is 1.41. The first-order valence-corrected chi connectivity index (χ1v) is 8.35. The van der Waals surface area contributed by atoms with E-state index in [9.17, 15) is 14.7 Å². The molecule has 0 bridgehead atoms. The van der Waals surface area contributed by atoms with Gasteiger partial charge in [-0.2, -0.15) is 0 Å². The number of anilines is 1. The summed E-state index contributed by atoms with van der Waals surface area (Å²) in [5, 5.41) is 9.92. The third kappa shape index (κ3) is 2.80. The number of carboxylic acids is 1. The number of amides is 1. The van der Waals surface area contributed by atoms with E-state index < -0.39 is 5.97 Å². The second-order valence-electron chi connectivity index (χ2n) is 5.70. The standard InChI is InChI=1S/C17H13N3O4S/c1-9-4-11-16(18-6-9)25-14(19-11)7-20-12-5-10(17(22)23)2-3-13(12)24-8-15(20)21/h2-6H,7-8H2,1H3,(H,22,23). The van der Waals surface area contributed by atoms with Crippen molar-refractivity contribution in [3.05, 3.63) is 46.6 Å². The van der Waals surface area contributed by atoms with Gasteiger partial charge in [0.25, 0.3) is 5.91 Å². The molecule has 25 heavy (non-hydrogen) atoms. The summed E-state index contributed by atoms with van der Waals surface area (Å²) in [6, 6.07) is 6.42. The van der Waals surface area contributed by atoms with Gasteiger partial charge in [-0.05, 0) is 36.8 Å². The van der Waals surface area contributed by atoms with Crippen LogP contribution in [0, 0.1) is 6.92 Å². The molecule has 0 radical (unpaired) electrons. The molecule has 126 valence electrons. The normalized spacial score (nSPS) is 13.6. The molecule has 8 heteroatoms. The van der Waals surface area contributed by atoms with E-state index in [0.717, 1.165) is 20.9 Å². The minimum atomic E-state index is -1.06. The number of carboxylic acid groups (broad SMARTS) is 1. The summed E-state index contributed by atoms with van der Waals surface area (Å²) in [6.07, 6.45) is 1.78. The summed E-state index contributed by atoms with van der Waals surface area (Å²) in [4.78, 5) is 34.7. The fourth-order valence-electron chi connectivity index (χ4n) is 2.68. The Morgan fingerprint density at radius 1 is 1.40 bits per heavy atom. The Kier molecular flexibility index (Phi) is 3.61. The Bertz CT molecular complexity index is 1010. The molecular weight excluding hydrogens is 342 g/mol. The second kappa shape index (κ2) is 5.82. The molecule has 0 saturated carbocycles. The Morgan fingerprint density at radius 2 is 2.24 bits per heavy atom. The van der Waals surface area contributed by atoms with Gasteiger partial charge in [-0.3, -0.25) is 9.69 Å². The Hall–Kier alpha value is -3.00. The molecule has 0 atom stereocenters. The maximum atomic E-state index is 12.3. The number of pyridine rings is 1. The van der Waals surface area contributed by atoms with Crippen LogP contribution in [0.1, 0.15) is 20.9 Å². The molecule has 0 saturated heterocycles. The quantitative estimate of drug-likeness (QED) is 0.776. The second-order valence-corrected chi connectivity index (χ2v) is 6.76. The SMILES string of the molecule is Cc1cnc2sc(CN3C(=O)COc4ccc(C(=O)O)cc43)nc2c1. The highest BCUT2D eigenvalue weighted by Crippen LogP contribution is 2.35. The number of aromatic nitrogens is 2. The van der Waals surface area contributed by atoms with Crippen LogP contribution in [0.5, 0.6) is 5.75 Å². The van der Waals surface area contributed by atoms with Gasteiger partial charge in [-0.15, -0.1) is 0 Å². The number of rotatable bonds is 3. The predicted molar refractivity (Wildman–Crippen MR) is 92.2 cm³/mol. The first-order chi connectivity index (χ1) is 12.0. The molecule has 1 amide bonds. The van der Waals surface area contributed by atoms with Crippen molar-refractivity contribution in [3.63, 3.8) is 0 Å². The molecule has 3 aromatic rings. The molecular formula is C17H13N3O4S. The van der Waals surface area contributed by atoms with Gasteiger partial charge in [0.15, 0.2) is 6.61 Å². The van der Waals surface area contributed by atoms with Gasteiger partial charge in [-0.1, -0.05) is 11.3 Å². The number of hydrogen-bond acceptors (Lipinski definition) is 6. The third-order valence-electron chi connectivity index (χ3n) is 3.87. The van der Waals surface area contributed by atoms with Crippen LogP contribution < -0.4 is 9.64 Å². The molecule has 3 heterocycles. The molecule has 0 spiro atoms. The van der Waals surface area contributed by atoms with Crippen LogP contribution in [0.3, 0.4) is 0 Å². The van der Waals surface area contributed by atoms with Crippen LogP contribution in [0.2, 0.25) is 0 Å². The Labute approximate surface area is 146 Å². The number of thiazole rings is 1. The van der Waals surface area contributed by atoms with E-state index in [1.807, 2.05) is 13.0 Å². The van der Waals surface area contributed by atoms with Crippen molar-refractivity contribution >= 4 is 39.2 Å². The number of nitrogens with zero attached hydrogens (tertiary/aromatic N) is 3. The van der Waals surface area contributed by atoms with Gasteiger partial charge < -0.3 is 9.84 Å². The van der Waals surface area contributed by atoms with Crippen molar-refractivity contribution in [2.75, 3.05) is 11.5 Å². The maximum absolute atomic E-state index is 12.3. The minimum Gasteiger partial charge on any atom is -0.482 e. The van der Waals surface area contributed by atoms with E-state index in [1.165, 1.54) is 28.4 Å². The molecule has 1 aliphatic heterocycles. The van der Waals surface area contributed by atoms with E-state index in [4.69, 9.17) is 4.74 Å². The van der Waals surface area contributed by atoms with Gasteiger partial charge >= 0.3 is 5.97 Å². The summed E-state index contributed by atoms with van der Waals surface area (Å²) in [6.45, 7) is 2.11. The van der Waals surface area contributed by atoms with Crippen LogP contribution in [0.25, 0.3) is 10.3 Å². The van der Waals surface area contributed by atoms with E-state index in [-0.39, 0.29) is 24.6 Å². The van der Waals surface area contributed by atoms with Crippen molar-refractivity contribution in [2.24, 2.45) is 0 Å². The van der Waals surface area contributed by atoms with Gasteiger partial charge in [0.1, 0.15) is 21.1 Å². The molecule has 0 unspecified atom stereocenters. The van der Waals surface area contributed by atoms with Crippen molar-refractivity contribution in [1.29, 1.82) is 0 Å². The van der Waals surface area contributed by atoms with Crippen LogP contribution >= 0.6 is 11.3 Å². The molecule has 1 N–H and O–H groups in total. The first kappa shape index (κ1) is 15.5. The highest BCUT2D eigenvalue weighted by Gasteiger charge is 2.27. The number of carbonyl (C=O) groups excluding carboxylic acids is 1. The number of carbonyl (C=O) groups is 2. The molecule has 1 aromatic carbocycles. The van der Waals surface area contributed by atoms with Crippen molar-refractivity contribution in [1.82, 2.24) is 9.97 Å². The van der Waals surface area contributed by atoms with Crippen molar-refractivity contribution in [2.45, 2.75) is 13.5 Å². The van der Waals surface area contributed by atoms with Crippen molar-refractivity contribution in [3.8, 4) is 5.75 Å². The van der Waals surface area contributed by atoms with Crippen LogP contribution in [0.4, 0.5) is 5.69 Å². The lowest BCUT2D eigenvalue weighted by Gasteiger charge is -2.28. The van der Waals surface area contributed by atoms with Crippen LogP contribution in [-0.4, -0.2) is 33.6 Å². The number of aryl methyl sites for hydroxylation is 1. The highest BCUT2D eigenvalue weighted by atomic mass is 32.1. The smallest absolute Gasteiger partial charge is 0.335 e. The number of hydrogen-bond donors (Lipinski definition) is 1. The summed E-state index contributed by atoms with van der Waals surface area (Å²) < 4.78 is 5.40. The average molecular weight is 355 g/mol. The highest BCUT2D eigenvalue weighted by molar-refractivity contribution is 7.18. The molecule has 2 aromatic heterocycles. The van der Waals surface area contributed by atoms with E-state index >= 15 is 0 Å². The molecule has 7 nitrogen and oxygen atoms in total. The predicted octanol–water partition coefficient (Wildman–Crippen LogP) is 2.62. The number of benzene rings is 1. The van der Waals surface area contributed by atoms with Gasteiger partial charge in [-0.25, -0.2) is 14.8 Å². The first-order valence-electron chi connectivity index (χ1n) is 7.54. The monoisotopic (exact) mass is 355 g/mol. The number of fused-ring (bicyclic) bond motifs is 2. The lowest BCUT2D eigenvalue weighted by Crippen LogP contribution is -2.38. The lowest BCUT2D eigenvalue weighted by atomic mass is 10.1. The third-order valence-corrected chi connectivity index (χ3v) is 4.83. The topological polar surface area (TPSA) is 92.6 Å².